The van der Waals surface area contributed by atoms with E-state index >= 15 is 0 Å². The van der Waals surface area contributed by atoms with Crippen molar-refractivity contribution in [3.63, 3.8) is 0 Å². The second-order valence-electron chi connectivity index (χ2n) is 4.16. The highest BCUT2D eigenvalue weighted by atomic mass is 19.1. The maximum atomic E-state index is 13.6. The molecule has 2 heterocycles. The van der Waals surface area contributed by atoms with E-state index in [-0.39, 0.29) is 5.82 Å². The first-order valence-corrected chi connectivity index (χ1v) is 5.81. The lowest BCUT2D eigenvalue weighted by Gasteiger charge is -2.06. The molecule has 0 saturated carbocycles. The SMILES string of the molecule is [B]c1ccc(CNc2nnc3ccccn23)c(F)c1. The molecule has 6 heteroatoms. The zero-order valence-corrected chi connectivity index (χ0v) is 10.0. The predicted molar refractivity (Wildman–Crippen MR) is 72.1 cm³/mol. The van der Waals surface area contributed by atoms with Crippen LogP contribution in [0.2, 0.25) is 0 Å². The van der Waals surface area contributed by atoms with Crippen molar-refractivity contribution in [2.75, 3.05) is 5.32 Å². The molecule has 0 spiro atoms. The number of benzene rings is 1. The van der Waals surface area contributed by atoms with Crippen LogP contribution in [0.3, 0.4) is 0 Å². The van der Waals surface area contributed by atoms with Crippen LogP contribution < -0.4 is 10.8 Å². The van der Waals surface area contributed by atoms with Gasteiger partial charge in [0.25, 0.3) is 0 Å². The van der Waals surface area contributed by atoms with Gasteiger partial charge in [-0.2, -0.15) is 0 Å². The van der Waals surface area contributed by atoms with Crippen LogP contribution in [0.25, 0.3) is 5.65 Å². The van der Waals surface area contributed by atoms with Gasteiger partial charge in [-0.3, -0.25) is 4.40 Å². The standard InChI is InChI=1S/C13H10BFN4/c14-10-5-4-9(11(15)7-10)8-16-13-18-17-12-3-1-2-6-19(12)13/h1-7H,8H2,(H,16,18). The zero-order chi connectivity index (χ0) is 13.2. The van der Waals surface area contributed by atoms with Gasteiger partial charge in [-0.15, -0.1) is 10.2 Å². The number of hydrogen-bond acceptors (Lipinski definition) is 3. The lowest BCUT2D eigenvalue weighted by atomic mass is 9.95. The second-order valence-corrected chi connectivity index (χ2v) is 4.16. The van der Waals surface area contributed by atoms with Crippen LogP contribution >= 0.6 is 0 Å². The average molecular weight is 252 g/mol. The molecule has 0 amide bonds. The molecule has 1 N–H and O–H groups in total. The van der Waals surface area contributed by atoms with E-state index in [2.05, 4.69) is 15.5 Å². The Morgan fingerprint density at radius 2 is 2.11 bits per heavy atom. The number of nitrogens with one attached hydrogen (secondary N) is 1. The van der Waals surface area contributed by atoms with Gasteiger partial charge in [0, 0.05) is 18.3 Å². The Morgan fingerprint density at radius 1 is 1.21 bits per heavy atom. The molecule has 0 saturated heterocycles. The fraction of sp³-hybridized carbons (Fsp3) is 0.0769. The van der Waals surface area contributed by atoms with Gasteiger partial charge in [-0.05, 0) is 18.2 Å². The number of rotatable bonds is 3. The molecule has 0 unspecified atom stereocenters. The van der Waals surface area contributed by atoms with Gasteiger partial charge in [0.05, 0.1) is 0 Å². The molecule has 0 atom stereocenters. The number of halogens is 1. The van der Waals surface area contributed by atoms with E-state index < -0.39 is 0 Å². The average Bonchev–Trinajstić information content (AvgIpc) is 2.81. The second kappa shape index (κ2) is 4.72. The molecular weight excluding hydrogens is 242 g/mol. The first-order chi connectivity index (χ1) is 9.24. The quantitative estimate of drug-likeness (QED) is 0.714. The van der Waals surface area contributed by atoms with Crippen LogP contribution in [-0.4, -0.2) is 22.4 Å². The number of anilines is 1. The minimum absolute atomic E-state index is 0.321. The zero-order valence-electron chi connectivity index (χ0n) is 10.0. The molecule has 3 rings (SSSR count). The molecule has 0 fully saturated rings. The number of pyridine rings is 1. The summed E-state index contributed by atoms with van der Waals surface area (Å²) in [7, 11) is 5.51. The molecule has 0 aliphatic heterocycles. The van der Waals surface area contributed by atoms with Crippen molar-refractivity contribution < 1.29 is 4.39 Å². The molecule has 3 aromatic rings. The van der Waals surface area contributed by atoms with Gasteiger partial charge in [0.15, 0.2) is 5.65 Å². The van der Waals surface area contributed by atoms with Crippen LogP contribution in [0.15, 0.2) is 42.6 Å². The first-order valence-electron chi connectivity index (χ1n) is 5.81. The largest absolute Gasteiger partial charge is 0.350 e. The third-order valence-electron chi connectivity index (χ3n) is 2.83. The Morgan fingerprint density at radius 3 is 2.95 bits per heavy atom. The molecule has 19 heavy (non-hydrogen) atoms. The Bertz CT molecular complexity index is 725. The van der Waals surface area contributed by atoms with Crippen molar-refractivity contribution in [1.82, 2.24) is 14.6 Å². The van der Waals surface area contributed by atoms with Gasteiger partial charge >= 0.3 is 0 Å². The van der Waals surface area contributed by atoms with Crippen molar-refractivity contribution in [2.45, 2.75) is 6.54 Å². The smallest absolute Gasteiger partial charge is 0.229 e. The minimum atomic E-state index is -0.332. The van der Waals surface area contributed by atoms with E-state index in [1.807, 2.05) is 24.4 Å². The van der Waals surface area contributed by atoms with E-state index in [9.17, 15) is 4.39 Å². The molecule has 92 valence electrons. The van der Waals surface area contributed by atoms with Crippen molar-refractivity contribution in [3.05, 3.63) is 54.0 Å². The van der Waals surface area contributed by atoms with Crippen molar-refractivity contribution in [3.8, 4) is 0 Å². The molecule has 4 nitrogen and oxygen atoms in total. The number of hydrogen-bond donors (Lipinski definition) is 1. The third-order valence-corrected chi connectivity index (χ3v) is 2.83. The summed E-state index contributed by atoms with van der Waals surface area (Å²) in [5, 5.41) is 11.1. The third kappa shape index (κ3) is 2.29. The first kappa shape index (κ1) is 11.7. The molecule has 0 bridgehead atoms. The Balaban J connectivity index is 1.82. The highest BCUT2D eigenvalue weighted by Crippen LogP contribution is 2.10. The Labute approximate surface area is 110 Å². The highest BCUT2D eigenvalue weighted by molar-refractivity contribution is 6.32. The van der Waals surface area contributed by atoms with Gasteiger partial charge in [-0.1, -0.05) is 23.7 Å². The fourth-order valence-corrected chi connectivity index (χ4v) is 1.84. The lowest BCUT2D eigenvalue weighted by molar-refractivity contribution is 0.614. The molecule has 2 aromatic heterocycles. The van der Waals surface area contributed by atoms with Crippen LogP contribution in [-0.2, 0) is 6.54 Å². The van der Waals surface area contributed by atoms with E-state index in [0.29, 0.717) is 23.5 Å². The summed E-state index contributed by atoms with van der Waals surface area (Å²) in [4.78, 5) is 0. The maximum Gasteiger partial charge on any atom is 0.229 e. The van der Waals surface area contributed by atoms with E-state index in [1.54, 1.807) is 16.5 Å². The van der Waals surface area contributed by atoms with Crippen LogP contribution in [0.4, 0.5) is 10.3 Å². The number of nitrogens with zero attached hydrogens (tertiary/aromatic N) is 3. The van der Waals surface area contributed by atoms with Gasteiger partial charge in [-0.25, -0.2) is 4.39 Å². The topological polar surface area (TPSA) is 42.2 Å². The summed E-state index contributed by atoms with van der Waals surface area (Å²) in [5.74, 6) is 0.244. The molecular formula is C13H10BFN4. The molecule has 0 aliphatic carbocycles. The molecule has 2 radical (unpaired) electrons. The molecule has 1 aromatic carbocycles. The van der Waals surface area contributed by atoms with E-state index in [1.165, 1.54) is 6.07 Å². The van der Waals surface area contributed by atoms with Crippen LogP contribution in [0.1, 0.15) is 5.56 Å². The summed E-state index contributed by atoms with van der Waals surface area (Å²) in [5.41, 5.74) is 1.68. The van der Waals surface area contributed by atoms with Gasteiger partial charge in [0.2, 0.25) is 5.95 Å². The molecule has 0 aliphatic rings. The normalized spacial score (nSPS) is 10.8. The fourth-order valence-electron chi connectivity index (χ4n) is 1.84. The van der Waals surface area contributed by atoms with Crippen molar-refractivity contribution in [2.24, 2.45) is 0 Å². The monoisotopic (exact) mass is 252 g/mol. The van der Waals surface area contributed by atoms with Crippen molar-refractivity contribution in [1.29, 1.82) is 0 Å². The van der Waals surface area contributed by atoms with Gasteiger partial charge < -0.3 is 5.32 Å². The Hall–Kier alpha value is -2.37. The summed E-state index contributed by atoms with van der Waals surface area (Å²) in [6.07, 6.45) is 1.84. The summed E-state index contributed by atoms with van der Waals surface area (Å²) >= 11 is 0. The summed E-state index contributed by atoms with van der Waals surface area (Å²) in [6.45, 7) is 0.321. The number of aromatic nitrogens is 3. The maximum absolute atomic E-state index is 13.6. The minimum Gasteiger partial charge on any atom is -0.350 e. The van der Waals surface area contributed by atoms with Crippen molar-refractivity contribution >= 4 is 24.9 Å². The van der Waals surface area contributed by atoms with Crippen LogP contribution in [0.5, 0.6) is 0 Å². The summed E-state index contributed by atoms with van der Waals surface area (Å²) < 4.78 is 15.4. The predicted octanol–water partition coefficient (Wildman–Crippen LogP) is 1.27. The van der Waals surface area contributed by atoms with Gasteiger partial charge in [0.1, 0.15) is 13.7 Å². The van der Waals surface area contributed by atoms with E-state index in [0.717, 1.165) is 5.65 Å². The lowest BCUT2D eigenvalue weighted by Crippen LogP contribution is -2.09. The highest BCUT2D eigenvalue weighted by Gasteiger charge is 2.06. The van der Waals surface area contributed by atoms with E-state index in [4.69, 9.17) is 7.85 Å². The number of fused-ring (bicyclic) bond motifs is 1. The Kier molecular flexibility index (Phi) is 2.91. The summed E-state index contributed by atoms with van der Waals surface area (Å²) in [6, 6.07) is 10.2. The van der Waals surface area contributed by atoms with Crippen LogP contribution in [0, 0.1) is 5.82 Å².